The zero-order chi connectivity index (χ0) is 35.3. The number of aryl methyl sites for hydroxylation is 1. The molecule has 0 saturated heterocycles. The van der Waals surface area contributed by atoms with Crippen LogP contribution in [0.25, 0.3) is 0 Å². The van der Waals surface area contributed by atoms with Gasteiger partial charge in [0.05, 0.1) is 24.5 Å². The molecule has 2 N–H and O–H groups in total. The van der Waals surface area contributed by atoms with Crippen molar-refractivity contribution in [2.45, 2.75) is 58.8 Å². The number of esters is 1. The summed E-state index contributed by atoms with van der Waals surface area (Å²) >= 11 is 0. The van der Waals surface area contributed by atoms with E-state index in [9.17, 15) is 23.6 Å². The molecular formula is C34H36F2N6O7. The summed E-state index contributed by atoms with van der Waals surface area (Å²) in [6.07, 6.45) is 0.913. The number of imide groups is 1. The van der Waals surface area contributed by atoms with Gasteiger partial charge in [-0.25, -0.2) is 28.3 Å². The number of anilines is 2. The molecule has 3 aromatic carbocycles. The van der Waals surface area contributed by atoms with E-state index in [2.05, 4.69) is 25.9 Å². The smallest absolute Gasteiger partial charge is 0.424 e. The number of amides is 3. The quantitative estimate of drug-likeness (QED) is 0.0838. The first-order chi connectivity index (χ1) is 23.6. The molecule has 0 saturated carbocycles. The molecule has 1 unspecified atom stereocenters. The van der Waals surface area contributed by atoms with E-state index in [0.29, 0.717) is 29.7 Å². The molecule has 0 radical (unpaired) electrons. The Morgan fingerprint density at radius 2 is 1.55 bits per heavy atom. The summed E-state index contributed by atoms with van der Waals surface area (Å²) in [5.41, 5.74) is 1.17. The van der Waals surface area contributed by atoms with E-state index in [0.717, 1.165) is 23.8 Å². The normalized spacial score (nSPS) is 11.4. The predicted octanol–water partition coefficient (Wildman–Crippen LogP) is 6.65. The Kier molecular flexibility index (Phi) is 12.8. The number of carbonyl (C=O) groups is 4. The number of rotatable bonds is 14. The van der Waals surface area contributed by atoms with Crippen molar-refractivity contribution in [1.29, 1.82) is 0 Å². The molecule has 258 valence electrons. The van der Waals surface area contributed by atoms with Crippen LogP contribution in [-0.2, 0) is 20.7 Å². The fourth-order valence-corrected chi connectivity index (χ4v) is 4.50. The second-order valence-corrected chi connectivity index (χ2v) is 11.0. The zero-order valence-electron chi connectivity index (χ0n) is 27.2. The van der Waals surface area contributed by atoms with Crippen LogP contribution in [0.15, 0.2) is 60.7 Å². The molecule has 0 bridgehead atoms. The van der Waals surface area contributed by atoms with Crippen LogP contribution in [0, 0.1) is 18.6 Å². The topological polar surface area (TPSA) is 166 Å². The Balaban J connectivity index is 1.45. The van der Waals surface area contributed by atoms with Gasteiger partial charge < -0.3 is 19.5 Å². The standard InChI is InChI=1S/C34H36F2N6O7/c1-4-6-16-47-33(45)42(34(46)48-17-7-5-2)25-12-9-23(10-13-25)32(44)49-29-15-8-22(20-28(29)36)19-26(30-38-40-41-39-30)31(43)37-24-11-14-27(35)21(3)18-24/h8-15,18,20,26H,4-7,16-17,19H2,1-3H3,(H,37,43)(H,38,39,40,41). The number of hydrogen-bond acceptors (Lipinski definition) is 10. The van der Waals surface area contributed by atoms with Gasteiger partial charge in [0.15, 0.2) is 17.4 Å². The fraction of sp³-hybridized carbons (Fsp3) is 0.324. The number of unbranched alkanes of at least 4 members (excludes halogenated alkanes) is 2. The Hall–Kier alpha value is -5.73. The van der Waals surface area contributed by atoms with Crippen molar-refractivity contribution < 1.29 is 42.2 Å². The lowest BCUT2D eigenvalue weighted by molar-refractivity contribution is -0.117. The summed E-state index contributed by atoms with van der Waals surface area (Å²) in [6, 6.07) is 13.3. The van der Waals surface area contributed by atoms with Gasteiger partial charge in [-0.05, 0) is 102 Å². The average Bonchev–Trinajstić information content (AvgIpc) is 3.62. The largest absolute Gasteiger partial charge is 0.449 e. The van der Waals surface area contributed by atoms with Crippen molar-refractivity contribution in [2.75, 3.05) is 23.4 Å². The van der Waals surface area contributed by atoms with Gasteiger partial charge in [0, 0.05) is 5.69 Å². The van der Waals surface area contributed by atoms with Gasteiger partial charge in [0.25, 0.3) is 0 Å². The summed E-state index contributed by atoms with van der Waals surface area (Å²) in [4.78, 5) is 52.3. The summed E-state index contributed by atoms with van der Waals surface area (Å²) in [5, 5.41) is 16.1. The van der Waals surface area contributed by atoms with Crippen LogP contribution in [0.5, 0.6) is 5.75 Å². The van der Waals surface area contributed by atoms with Crippen LogP contribution >= 0.6 is 0 Å². The van der Waals surface area contributed by atoms with E-state index in [4.69, 9.17) is 14.2 Å². The second kappa shape index (κ2) is 17.4. The maximum absolute atomic E-state index is 15.2. The van der Waals surface area contributed by atoms with E-state index in [1.54, 1.807) is 6.92 Å². The number of hydrogen-bond donors (Lipinski definition) is 2. The summed E-state index contributed by atoms with van der Waals surface area (Å²) in [7, 11) is 0. The molecule has 0 fully saturated rings. The maximum Gasteiger partial charge on any atom is 0.424 e. The highest BCUT2D eigenvalue weighted by Crippen LogP contribution is 2.26. The minimum Gasteiger partial charge on any atom is -0.449 e. The lowest BCUT2D eigenvalue weighted by Crippen LogP contribution is -2.38. The van der Waals surface area contributed by atoms with Crippen LogP contribution in [0.4, 0.5) is 29.7 Å². The Labute approximate surface area is 280 Å². The van der Waals surface area contributed by atoms with Gasteiger partial charge in [-0.2, -0.15) is 4.90 Å². The van der Waals surface area contributed by atoms with E-state index >= 15 is 4.39 Å². The van der Waals surface area contributed by atoms with Crippen LogP contribution in [0.2, 0.25) is 0 Å². The Bertz CT molecular complexity index is 1730. The lowest BCUT2D eigenvalue weighted by atomic mass is 9.97. The third-order valence-electron chi connectivity index (χ3n) is 7.25. The van der Waals surface area contributed by atoms with Gasteiger partial charge in [0.2, 0.25) is 5.91 Å². The molecule has 1 atom stereocenters. The average molecular weight is 679 g/mol. The molecule has 13 nitrogen and oxygen atoms in total. The second-order valence-electron chi connectivity index (χ2n) is 11.0. The van der Waals surface area contributed by atoms with Crippen LogP contribution in [0.1, 0.15) is 72.8 Å². The first kappa shape index (κ1) is 36.1. The van der Waals surface area contributed by atoms with Crippen molar-refractivity contribution in [3.63, 3.8) is 0 Å². The number of tetrazole rings is 1. The molecule has 49 heavy (non-hydrogen) atoms. The number of halogens is 2. The SMILES string of the molecule is CCCCOC(=O)N(C(=O)OCCCC)c1ccc(C(=O)Oc2ccc(CC(C(=O)Nc3ccc(F)c(C)c3)c3nnn[nH]3)cc2F)cc1. The first-order valence-corrected chi connectivity index (χ1v) is 15.7. The van der Waals surface area contributed by atoms with Gasteiger partial charge in [-0.15, -0.1) is 5.10 Å². The van der Waals surface area contributed by atoms with Crippen LogP contribution < -0.4 is 15.0 Å². The van der Waals surface area contributed by atoms with E-state index in [1.165, 1.54) is 54.6 Å². The van der Waals surface area contributed by atoms with E-state index < -0.39 is 41.6 Å². The number of benzene rings is 3. The molecule has 1 aromatic heterocycles. The summed E-state index contributed by atoms with van der Waals surface area (Å²) < 4.78 is 44.6. The third kappa shape index (κ3) is 9.89. The molecule has 15 heteroatoms. The minimum absolute atomic E-state index is 0.0106. The van der Waals surface area contributed by atoms with Gasteiger partial charge in [-0.1, -0.05) is 32.8 Å². The van der Waals surface area contributed by atoms with Crippen molar-refractivity contribution in [3.8, 4) is 5.75 Å². The maximum atomic E-state index is 15.2. The number of nitrogens with one attached hydrogen (secondary N) is 2. The third-order valence-corrected chi connectivity index (χ3v) is 7.25. The van der Waals surface area contributed by atoms with Crippen molar-refractivity contribution in [1.82, 2.24) is 20.6 Å². The molecule has 4 aromatic rings. The zero-order valence-corrected chi connectivity index (χ0v) is 27.2. The highest BCUT2D eigenvalue weighted by Gasteiger charge is 2.28. The molecule has 0 aliphatic rings. The van der Waals surface area contributed by atoms with Gasteiger partial charge in [0.1, 0.15) is 11.7 Å². The van der Waals surface area contributed by atoms with Crippen LogP contribution in [-0.4, -0.2) is 57.9 Å². The predicted molar refractivity (Wildman–Crippen MR) is 173 cm³/mol. The Morgan fingerprint density at radius 1 is 0.878 bits per heavy atom. The monoisotopic (exact) mass is 678 g/mol. The van der Waals surface area contributed by atoms with Crippen molar-refractivity contribution >= 4 is 35.4 Å². The summed E-state index contributed by atoms with van der Waals surface area (Å²) in [6.45, 7) is 5.64. The molecule has 1 heterocycles. The highest BCUT2D eigenvalue weighted by molar-refractivity contribution is 6.09. The number of ether oxygens (including phenoxy) is 3. The van der Waals surface area contributed by atoms with E-state index in [1.807, 2.05) is 13.8 Å². The molecule has 0 aliphatic carbocycles. The number of aromatic amines is 1. The number of H-pyrrole nitrogens is 1. The molecule has 0 aliphatic heterocycles. The van der Waals surface area contributed by atoms with Crippen molar-refractivity contribution in [3.05, 3.63) is 94.8 Å². The number of nitrogens with zero attached hydrogens (tertiary/aromatic N) is 4. The highest BCUT2D eigenvalue weighted by atomic mass is 19.1. The van der Waals surface area contributed by atoms with Crippen molar-refractivity contribution in [2.24, 2.45) is 0 Å². The van der Waals surface area contributed by atoms with Crippen LogP contribution in [0.3, 0.4) is 0 Å². The molecule has 0 spiro atoms. The van der Waals surface area contributed by atoms with Gasteiger partial charge in [-0.3, -0.25) is 4.79 Å². The van der Waals surface area contributed by atoms with E-state index in [-0.39, 0.29) is 42.5 Å². The number of aromatic nitrogens is 4. The summed E-state index contributed by atoms with van der Waals surface area (Å²) in [5.74, 6) is -3.94. The lowest BCUT2D eigenvalue weighted by Gasteiger charge is -2.20. The minimum atomic E-state index is -0.973. The molecule has 3 amide bonds. The molecule has 4 rings (SSSR count). The number of carbonyl (C=O) groups excluding carboxylic acids is 4. The Morgan fingerprint density at radius 3 is 2.12 bits per heavy atom. The molecular weight excluding hydrogens is 642 g/mol. The fourth-order valence-electron chi connectivity index (χ4n) is 4.50. The first-order valence-electron chi connectivity index (χ1n) is 15.7. The van der Waals surface area contributed by atoms with Gasteiger partial charge >= 0.3 is 18.2 Å².